The first-order valence-electron chi connectivity index (χ1n) is 9.30. The number of rotatable bonds is 4. The number of ether oxygens (including phenoxy) is 1. The fourth-order valence-corrected chi connectivity index (χ4v) is 3.22. The van der Waals surface area contributed by atoms with Gasteiger partial charge in [0.2, 0.25) is 5.91 Å². The van der Waals surface area contributed by atoms with E-state index in [4.69, 9.17) is 4.74 Å². The van der Waals surface area contributed by atoms with E-state index in [2.05, 4.69) is 0 Å². The van der Waals surface area contributed by atoms with Gasteiger partial charge in [0, 0.05) is 18.0 Å². The van der Waals surface area contributed by atoms with E-state index in [0.29, 0.717) is 0 Å². The number of carbonyl (C=O) groups excluding carboxylic acids is 2. The largest absolute Gasteiger partial charge is 0.505 e. The van der Waals surface area contributed by atoms with Crippen LogP contribution in [-0.2, 0) is 9.53 Å². The smallest absolute Gasteiger partial charge is 0.340 e. The molecule has 0 saturated heterocycles. The van der Waals surface area contributed by atoms with Crippen molar-refractivity contribution >= 4 is 17.6 Å². The SMILES string of the molecule is CC.COC(=O)c1cc(O)c(F)cc1N(C(=O)C1CCCCC1)C(C)C. The molecule has 1 aliphatic rings. The molecule has 0 atom stereocenters. The number of anilines is 1. The van der Waals surface area contributed by atoms with Crippen molar-refractivity contribution in [2.45, 2.75) is 65.8 Å². The third-order valence-corrected chi connectivity index (χ3v) is 4.44. The van der Waals surface area contributed by atoms with Crippen LogP contribution in [0.25, 0.3) is 0 Å². The van der Waals surface area contributed by atoms with Gasteiger partial charge in [-0.15, -0.1) is 0 Å². The molecule has 1 aromatic rings. The summed E-state index contributed by atoms with van der Waals surface area (Å²) in [6.45, 7) is 7.62. The number of hydrogen-bond acceptors (Lipinski definition) is 4. The zero-order valence-corrected chi connectivity index (χ0v) is 16.3. The number of hydrogen-bond donors (Lipinski definition) is 1. The first-order chi connectivity index (χ1) is 12.4. The Bertz CT molecular complexity index is 624. The van der Waals surface area contributed by atoms with Crippen LogP contribution in [0, 0.1) is 11.7 Å². The predicted molar refractivity (Wildman–Crippen MR) is 99.9 cm³/mol. The monoisotopic (exact) mass is 367 g/mol. The number of phenolic OH excluding ortho intramolecular Hbond substituents is 1. The summed E-state index contributed by atoms with van der Waals surface area (Å²) in [7, 11) is 1.20. The van der Waals surface area contributed by atoms with Crippen LogP contribution in [0.4, 0.5) is 10.1 Å². The zero-order valence-electron chi connectivity index (χ0n) is 16.3. The highest BCUT2D eigenvalue weighted by Crippen LogP contribution is 2.33. The number of esters is 1. The molecule has 0 aliphatic heterocycles. The molecule has 0 radical (unpaired) electrons. The molecule has 1 amide bonds. The number of amides is 1. The zero-order chi connectivity index (χ0) is 19.9. The van der Waals surface area contributed by atoms with Crippen LogP contribution in [0.1, 0.15) is 70.2 Å². The van der Waals surface area contributed by atoms with Crippen LogP contribution < -0.4 is 4.90 Å². The summed E-state index contributed by atoms with van der Waals surface area (Å²) in [5, 5.41) is 9.59. The minimum atomic E-state index is -0.875. The lowest BCUT2D eigenvalue weighted by Gasteiger charge is -2.33. The molecule has 26 heavy (non-hydrogen) atoms. The Hall–Kier alpha value is -2.11. The van der Waals surface area contributed by atoms with Crippen LogP contribution in [0.15, 0.2) is 12.1 Å². The van der Waals surface area contributed by atoms with Gasteiger partial charge in [-0.3, -0.25) is 4.79 Å². The number of carbonyl (C=O) groups is 2. The van der Waals surface area contributed by atoms with Crippen LogP contribution >= 0.6 is 0 Å². The number of benzene rings is 1. The van der Waals surface area contributed by atoms with E-state index >= 15 is 0 Å². The summed E-state index contributed by atoms with van der Waals surface area (Å²) in [4.78, 5) is 26.5. The number of phenols is 1. The normalized spacial score (nSPS) is 14.4. The lowest BCUT2D eigenvalue weighted by Crippen LogP contribution is -2.42. The molecule has 146 valence electrons. The Morgan fingerprint density at radius 1 is 1.19 bits per heavy atom. The molecule has 0 bridgehead atoms. The maximum Gasteiger partial charge on any atom is 0.340 e. The van der Waals surface area contributed by atoms with E-state index in [0.717, 1.165) is 44.2 Å². The summed E-state index contributed by atoms with van der Waals surface area (Å²) in [5.41, 5.74) is 0.122. The molecule has 0 unspecified atom stereocenters. The molecule has 0 aromatic heterocycles. The third-order valence-electron chi connectivity index (χ3n) is 4.44. The number of aromatic hydroxyl groups is 1. The minimum absolute atomic E-state index is 0.0192. The van der Waals surface area contributed by atoms with Gasteiger partial charge in [0.15, 0.2) is 11.6 Å². The second-order valence-corrected chi connectivity index (χ2v) is 6.45. The van der Waals surface area contributed by atoms with Crippen molar-refractivity contribution in [2.24, 2.45) is 5.92 Å². The first-order valence-corrected chi connectivity index (χ1v) is 9.30. The molecule has 5 nitrogen and oxygen atoms in total. The van der Waals surface area contributed by atoms with Crippen molar-refractivity contribution in [3.63, 3.8) is 0 Å². The van der Waals surface area contributed by atoms with E-state index in [9.17, 15) is 19.1 Å². The van der Waals surface area contributed by atoms with Crippen molar-refractivity contribution in [3.8, 4) is 5.75 Å². The molecule has 0 heterocycles. The van der Waals surface area contributed by atoms with Gasteiger partial charge in [0.25, 0.3) is 0 Å². The van der Waals surface area contributed by atoms with Crippen molar-refractivity contribution in [1.82, 2.24) is 0 Å². The van der Waals surface area contributed by atoms with Crippen molar-refractivity contribution in [1.29, 1.82) is 0 Å². The fourth-order valence-electron chi connectivity index (χ4n) is 3.22. The van der Waals surface area contributed by atoms with Crippen LogP contribution in [0.5, 0.6) is 5.75 Å². The van der Waals surface area contributed by atoms with Crippen molar-refractivity contribution in [3.05, 3.63) is 23.5 Å². The van der Waals surface area contributed by atoms with Crippen LogP contribution in [-0.4, -0.2) is 30.1 Å². The average molecular weight is 367 g/mol. The van der Waals surface area contributed by atoms with Gasteiger partial charge in [-0.1, -0.05) is 33.1 Å². The van der Waals surface area contributed by atoms with Crippen LogP contribution in [0.3, 0.4) is 0 Å². The average Bonchev–Trinajstić information content (AvgIpc) is 2.65. The number of methoxy groups -OCH3 is 1. The summed E-state index contributed by atoms with van der Waals surface area (Å²) in [5.74, 6) is -2.47. The Morgan fingerprint density at radius 2 is 1.77 bits per heavy atom. The van der Waals surface area contributed by atoms with E-state index in [1.54, 1.807) is 0 Å². The molecule has 1 saturated carbocycles. The summed E-state index contributed by atoms with van der Waals surface area (Å²) in [6, 6.07) is 1.79. The maximum absolute atomic E-state index is 13.9. The maximum atomic E-state index is 13.9. The molecular weight excluding hydrogens is 337 g/mol. The van der Waals surface area contributed by atoms with Crippen molar-refractivity contribution < 1.29 is 23.8 Å². The molecule has 1 aliphatic carbocycles. The van der Waals surface area contributed by atoms with Gasteiger partial charge in [0.1, 0.15) is 0 Å². The van der Waals surface area contributed by atoms with Gasteiger partial charge in [-0.05, 0) is 32.8 Å². The lowest BCUT2D eigenvalue weighted by atomic mass is 9.87. The standard InChI is InChI=1S/C18H24FNO4.C2H6/c1-11(2)20(17(22)12-7-5-4-6-8-12)15-10-14(19)16(21)9-13(15)18(23)24-3;1-2/h9-12,21H,4-8H2,1-3H3;1-2H3. The molecule has 0 spiro atoms. The van der Waals surface area contributed by atoms with Gasteiger partial charge in [-0.2, -0.15) is 0 Å². The number of halogens is 1. The molecule has 1 N–H and O–H groups in total. The summed E-state index contributed by atoms with van der Waals surface area (Å²) in [6.07, 6.45) is 4.71. The Kier molecular flexibility index (Phi) is 8.55. The molecule has 1 aromatic carbocycles. The van der Waals surface area contributed by atoms with E-state index in [-0.39, 0.29) is 29.1 Å². The summed E-state index contributed by atoms with van der Waals surface area (Å²) < 4.78 is 18.6. The lowest BCUT2D eigenvalue weighted by molar-refractivity contribution is -0.123. The Balaban J connectivity index is 0.00000163. The topological polar surface area (TPSA) is 66.8 Å². The molecule has 2 rings (SSSR count). The highest BCUT2D eigenvalue weighted by Gasteiger charge is 2.32. The van der Waals surface area contributed by atoms with Crippen molar-refractivity contribution in [2.75, 3.05) is 12.0 Å². The highest BCUT2D eigenvalue weighted by molar-refractivity contribution is 6.04. The van der Waals surface area contributed by atoms with E-state index in [1.807, 2.05) is 27.7 Å². The minimum Gasteiger partial charge on any atom is -0.505 e. The fraction of sp³-hybridized carbons (Fsp3) is 0.600. The summed E-state index contributed by atoms with van der Waals surface area (Å²) >= 11 is 0. The molecular formula is C20H30FNO4. The van der Waals surface area contributed by atoms with Gasteiger partial charge in [0.05, 0.1) is 18.4 Å². The quantitative estimate of drug-likeness (QED) is 0.786. The van der Waals surface area contributed by atoms with E-state index < -0.39 is 17.5 Å². The number of nitrogens with zero attached hydrogens (tertiary/aromatic N) is 1. The van der Waals surface area contributed by atoms with Gasteiger partial charge < -0.3 is 14.7 Å². The van der Waals surface area contributed by atoms with Gasteiger partial charge in [-0.25, -0.2) is 9.18 Å². The Labute approximate surface area is 155 Å². The second kappa shape index (κ2) is 10.1. The van der Waals surface area contributed by atoms with E-state index in [1.165, 1.54) is 12.0 Å². The molecule has 6 heteroatoms. The predicted octanol–water partition coefficient (Wildman–Crippen LogP) is 4.67. The Morgan fingerprint density at radius 3 is 2.27 bits per heavy atom. The first kappa shape index (κ1) is 21.9. The highest BCUT2D eigenvalue weighted by atomic mass is 19.1. The second-order valence-electron chi connectivity index (χ2n) is 6.45. The van der Waals surface area contributed by atoms with Gasteiger partial charge >= 0.3 is 5.97 Å². The molecule has 1 fully saturated rings. The third kappa shape index (κ3) is 4.96. The van der Waals surface area contributed by atoms with Crippen LogP contribution in [0.2, 0.25) is 0 Å².